The summed E-state index contributed by atoms with van der Waals surface area (Å²) in [5, 5.41) is 1.27. The Labute approximate surface area is 80.8 Å². The molecule has 2 N–H and O–H groups in total. The fraction of sp³-hybridized carbons (Fsp3) is 0.125. The fourth-order valence-electron chi connectivity index (χ4n) is 0.710. The SMILES string of the molecule is C=CCSc1cc(N)cc(Cl)n1. The molecule has 2 nitrogen and oxygen atoms in total. The van der Waals surface area contributed by atoms with Crippen LogP contribution in [0.4, 0.5) is 5.69 Å². The Bertz CT molecular complexity index is 268. The molecule has 1 rings (SSSR count). The van der Waals surface area contributed by atoms with E-state index in [0.29, 0.717) is 10.8 Å². The number of thioether (sulfide) groups is 1. The van der Waals surface area contributed by atoms with Crippen molar-refractivity contribution in [3.05, 3.63) is 29.9 Å². The van der Waals surface area contributed by atoms with Crippen LogP contribution in [0.3, 0.4) is 0 Å². The highest BCUT2D eigenvalue weighted by Crippen LogP contribution is 2.21. The summed E-state index contributed by atoms with van der Waals surface area (Å²) in [4.78, 5) is 4.07. The summed E-state index contributed by atoms with van der Waals surface area (Å²) in [6, 6.07) is 3.42. The van der Waals surface area contributed by atoms with Gasteiger partial charge in [0, 0.05) is 11.4 Å². The van der Waals surface area contributed by atoms with Crippen LogP contribution in [-0.2, 0) is 0 Å². The topological polar surface area (TPSA) is 38.9 Å². The predicted molar refractivity (Wildman–Crippen MR) is 54.6 cm³/mol. The molecule has 1 heterocycles. The first kappa shape index (κ1) is 9.42. The van der Waals surface area contributed by atoms with Crippen LogP contribution in [0.2, 0.25) is 5.15 Å². The van der Waals surface area contributed by atoms with Gasteiger partial charge in [0.15, 0.2) is 0 Å². The van der Waals surface area contributed by atoms with Gasteiger partial charge in [-0.05, 0) is 12.1 Å². The normalized spacial score (nSPS) is 9.75. The van der Waals surface area contributed by atoms with E-state index in [2.05, 4.69) is 11.6 Å². The molecule has 64 valence electrons. The second kappa shape index (κ2) is 4.38. The average Bonchev–Trinajstić information content (AvgIpc) is 1.99. The number of nitrogen functional groups attached to an aromatic ring is 1. The van der Waals surface area contributed by atoms with Gasteiger partial charge in [-0.1, -0.05) is 17.7 Å². The number of hydrogen-bond donors (Lipinski definition) is 1. The predicted octanol–water partition coefficient (Wildman–Crippen LogP) is 2.60. The minimum atomic E-state index is 0.432. The van der Waals surface area contributed by atoms with Crippen molar-refractivity contribution in [2.24, 2.45) is 0 Å². The Kier molecular flexibility index (Phi) is 3.44. The zero-order chi connectivity index (χ0) is 8.97. The van der Waals surface area contributed by atoms with Gasteiger partial charge in [0.2, 0.25) is 0 Å². The summed E-state index contributed by atoms with van der Waals surface area (Å²) in [5.41, 5.74) is 6.21. The van der Waals surface area contributed by atoms with Crippen LogP contribution in [-0.4, -0.2) is 10.7 Å². The highest BCUT2D eigenvalue weighted by Gasteiger charge is 1.97. The van der Waals surface area contributed by atoms with Gasteiger partial charge >= 0.3 is 0 Å². The van der Waals surface area contributed by atoms with Crippen molar-refractivity contribution in [2.75, 3.05) is 11.5 Å². The monoisotopic (exact) mass is 200 g/mol. The molecule has 1 aromatic rings. The molecule has 4 heteroatoms. The molecule has 0 aliphatic rings. The Morgan fingerprint density at radius 1 is 1.67 bits per heavy atom. The van der Waals surface area contributed by atoms with Gasteiger partial charge < -0.3 is 5.73 Å². The van der Waals surface area contributed by atoms with Crippen LogP contribution >= 0.6 is 23.4 Å². The lowest BCUT2D eigenvalue weighted by Gasteiger charge is -1.99. The highest BCUT2D eigenvalue weighted by atomic mass is 35.5. The maximum atomic E-state index is 5.70. The summed E-state index contributed by atoms with van der Waals surface area (Å²) in [5.74, 6) is 0.812. The molecule has 0 aliphatic carbocycles. The first-order valence-electron chi connectivity index (χ1n) is 3.39. The molecule has 0 saturated heterocycles. The van der Waals surface area contributed by atoms with Crippen molar-refractivity contribution >= 4 is 29.1 Å². The van der Waals surface area contributed by atoms with Crippen molar-refractivity contribution in [1.29, 1.82) is 0 Å². The summed E-state index contributed by atoms with van der Waals surface area (Å²) < 4.78 is 0. The Morgan fingerprint density at radius 3 is 3.00 bits per heavy atom. The molecule has 0 fully saturated rings. The third-order valence-electron chi connectivity index (χ3n) is 1.14. The lowest BCUT2D eigenvalue weighted by molar-refractivity contribution is 1.14. The van der Waals surface area contributed by atoms with Crippen molar-refractivity contribution in [2.45, 2.75) is 5.03 Å². The molecule has 0 amide bonds. The van der Waals surface area contributed by atoms with Crippen LogP contribution in [0.25, 0.3) is 0 Å². The minimum Gasteiger partial charge on any atom is -0.399 e. The lowest BCUT2D eigenvalue weighted by atomic mass is 10.4. The van der Waals surface area contributed by atoms with Crippen LogP contribution in [0.1, 0.15) is 0 Å². The van der Waals surface area contributed by atoms with Crippen molar-refractivity contribution in [3.63, 3.8) is 0 Å². The smallest absolute Gasteiger partial charge is 0.132 e. The van der Waals surface area contributed by atoms with Crippen LogP contribution in [0, 0.1) is 0 Å². The Hall–Kier alpha value is -0.670. The second-order valence-corrected chi connectivity index (χ2v) is 3.59. The minimum absolute atomic E-state index is 0.432. The molecular formula is C8H9ClN2S. The zero-order valence-electron chi connectivity index (χ0n) is 6.46. The van der Waals surface area contributed by atoms with Crippen molar-refractivity contribution in [1.82, 2.24) is 4.98 Å². The first-order valence-corrected chi connectivity index (χ1v) is 4.75. The lowest BCUT2D eigenvalue weighted by Crippen LogP contribution is -1.88. The molecule has 0 bridgehead atoms. The number of rotatable bonds is 3. The van der Waals surface area contributed by atoms with Crippen molar-refractivity contribution < 1.29 is 0 Å². The van der Waals surface area contributed by atoms with E-state index in [1.54, 1.807) is 23.9 Å². The van der Waals surface area contributed by atoms with Gasteiger partial charge in [0.25, 0.3) is 0 Å². The molecule has 0 aromatic carbocycles. The van der Waals surface area contributed by atoms with Gasteiger partial charge in [-0.15, -0.1) is 18.3 Å². The molecule has 0 atom stereocenters. The van der Waals surface area contributed by atoms with E-state index in [4.69, 9.17) is 17.3 Å². The summed E-state index contributed by atoms with van der Waals surface area (Å²) in [6.07, 6.45) is 1.81. The molecule has 0 saturated carbocycles. The number of aromatic nitrogens is 1. The Balaban J connectivity index is 2.78. The first-order chi connectivity index (χ1) is 5.72. The van der Waals surface area contributed by atoms with E-state index < -0.39 is 0 Å². The van der Waals surface area contributed by atoms with E-state index in [-0.39, 0.29) is 0 Å². The van der Waals surface area contributed by atoms with E-state index in [1.807, 2.05) is 6.08 Å². The molecular weight excluding hydrogens is 192 g/mol. The van der Waals surface area contributed by atoms with Crippen molar-refractivity contribution in [3.8, 4) is 0 Å². The number of nitrogens with zero attached hydrogens (tertiary/aromatic N) is 1. The highest BCUT2D eigenvalue weighted by molar-refractivity contribution is 7.99. The molecule has 0 unspecified atom stereocenters. The van der Waals surface area contributed by atoms with Crippen LogP contribution in [0.15, 0.2) is 29.8 Å². The van der Waals surface area contributed by atoms with Gasteiger partial charge in [0.1, 0.15) is 10.2 Å². The molecule has 12 heavy (non-hydrogen) atoms. The van der Waals surface area contributed by atoms with Crippen LogP contribution < -0.4 is 5.73 Å². The molecule has 0 aliphatic heterocycles. The fourth-order valence-corrected chi connectivity index (χ4v) is 1.65. The standard InChI is InChI=1S/C8H9ClN2S/c1-2-3-12-8-5-6(10)4-7(9)11-8/h2,4-5H,1,3H2,(H2,10,11). The largest absolute Gasteiger partial charge is 0.399 e. The number of halogens is 1. The third kappa shape index (κ3) is 2.75. The molecule has 0 radical (unpaired) electrons. The van der Waals surface area contributed by atoms with E-state index in [1.165, 1.54) is 0 Å². The van der Waals surface area contributed by atoms with Gasteiger partial charge in [-0.25, -0.2) is 4.98 Å². The Morgan fingerprint density at radius 2 is 2.42 bits per heavy atom. The number of nitrogens with two attached hydrogens (primary N) is 1. The maximum Gasteiger partial charge on any atom is 0.132 e. The number of hydrogen-bond acceptors (Lipinski definition) is 3. The average molecular weight is 201 g/mol. The zero-order valence-corrected chi connectivity index (χ0v) is 8.03. The van der Waals surface area contributed by atoms with Gasteiger partial charge in [-0.3, -0.25) is 0 Å². The van der Waals surface area contributed by atoms with Gasteiger partial charge in [-0.2, -0.15) is 0 Å². The summed E-state index contributed by atoms with van der Waals surface area (Å²) in [6.45, 7) is 3.61. The summed E-state index contributed by atoms with van der Waals surface area (Å²) >= 11 is 7.25. The quantitative estimate of drug-likeness (QED) is 0.463. The number of pyridine rings is 1. The summed E-state index contributed by atoms with van der Waals surface area (Å²) in [7, 11) is 0. The van der Waals surface area contributed by atoms with Crippen LogP contribution in [0.5, 0.6) is 0 Å². The maximum absolute atomic E-state index is 5.70. The number of anilines is 1. The second-order valence-electron chi connectivity index (χ2n) is 2.16. The van der Waals surface area contributed by atoms with E-state index in [9.17, 15) is 0 Å². The third-order valence-corrected chi connectivity index (χ3v) is 2.24. The van der Waals surface area contributed by atoms with E-state index in [0.717, 1.165) is 10.8 Å². The molecule has 1 aromatic heterocycles. The van der Waals surface area contributed by atoms with E-state index >= 15 is 0 Å². The molecule has 0 spiro atoms. The van der Waals surface area contributed by atoms with Gasteiger partial charge in [0.05, 0.1) is 0 Å².